The van der Waals surface area contributed by atoms with E-state index in [1.54, 1.807) is 18.2 Å². The topological polar surface area (TPSA) is 6.48 Å². The minimum absolute atomic E-state index is 0.199. The Hall–Kier alpha value is -1.20. The highest BCUT2D eigenvalue weighted by Gasteiger charge is 2.30. The number of para-hydroxylation sites is 3. The predicted octanol–water partition coefficient (Wildman–Crippen LogP) is 5.38. The van der Waals surface area contributed by atoms with Gasteiger partial charge in [0.1, 0.15) is 5.82 Å². The van der Waals surface area contributed by atoms with Crippen LogP contribution in [0.1, 0.15) is 6.92 Å². The molecule has 3 rings (SSSR count). The Morgan fingerprint density at radius 2 is 1.67 bits per heavy atom. The number of anilines is 3. The summed E-state index contributed by atoms with van der Waals surface area (Å²) in [6, 6.07) is 15.0. The molecule has 110 valence electrons. The Morgan fingerprint density at radius 1 is 1.05 bits per heavy atom. The number of halogens is 2. The van der Waals surface area contributed by atoms with Crippen LogP contribution >= 0.6 is 28.1 Å². The SMILES string of the molecule is CC(CBr)CN1SN(c2ccccc2F)c2ccccc21. The quantitative estimate of drug-likeness (QED) is 0.529. The summed E-state index contributed by atoms with van der Waals surface area (Å²) >= 11 is 5.08. The van der Waals surface area contributed by atoms with Gasteiger partial charge in [-0.2, -0.15) is 0 Å². The molecule has 2 aromatic carbocycles. The van der Waals surface area contributed by atoms with Crippen LogP contribution < -0.4 is 8.61 Å². The van der Waals surface area contributed by atoms with Crippen LogP contribution in [-0.2, 0) is 0 Å². The van der Waals surface area contributed by atoms with E-state index in [4.69, 9.17) is 0 Å². The average Bonchev–Trinajstić information content (AvgIpc) is 2.86. The number of nitrogens with zero attached hydrogens (tertiary/aromatic N) is 2. The lowest BCUT2D eigenvalue weighted by Crippen LogP contribution is -2.21. The molecule has 1 aliphatic heterocycles. The number of hydrogen-bond donors (Lipinski definition) is 0. The van der Waals surface area contributed by atoms with Gasteiger partial charge in [-0.05, 0) is 30.2 Å². The average molecular weight is 367 g/mol. The lowest BCUT2D eigenvalue weighted by molar-refractivity contribution is 0.630. The monoisotopic (exact) mass is 366 g/mol. The third-order valence-corrected chi connectivity index (χ3v) is 5.57. The van der Waals surface area contributed by atoms with Crippen molar-refractivity contribution in [3.63, 3.8) is 0 Å². The van der Waals surface area contributed by atoms with Crippen molar-refractivity contribution in [2.24, 2.45) is 5.92 Å². The van der Waals surface area contributed by atoms with E-state index < -0.39 is 0 Å². The maximum Gasteiger partial charge on any atom is 0.147 e. The molecule has 0 spiro atoms. The Kier molecular flexibility index (Phi) is 4.40. The largest absolute Gasteiger partial charge is 0.296 e. The van der Waals surface area contributed by atoms with Gasteiger partial charge >= 0.3 is 0 Å². The van der Waals surface area contributed by atoms with E-state index in [0.717, 1.165) is 23.2 Å². The van der Waals surface area contributed by atoms with E-state index in [1.807, 2.05) is 34.6 Å². The molecule has 1 aliphatic rings. The van der Waals surface area contributed by atoms with E-state index in [1.165, 1.54) is 6.07 Å². The zero-order chi connectivity index (χ0) is 14.8. The van der Waals surface area contributed by atoms with Crippen LogP contribution in [0.4, 0.5) is 21.5 Å². The van der Waals surface area contributed by atoms with E-state index in [9.17, 15) is 4.39 Å². The highest BCUT2D eigenvalue weighted by molar-refractivity contribution is 9.09. The van der Waals surface area contributed by atoms with Gasteiger partial charge in [0.15, 0.2) is 0 Å². The molecule has 1 unspecified atom stereocenters. The van der Waals surface area contributed by atoms with Crippen molar-refractivity contribution in [3.05, 3.63) is 54.3 Å². The fraction of sp³-hybridized carbons (Fsp3) is 0.250. The van der Waals surface area contributed by atoms with Crippen molar-refractivity contribution < 1.29 is 4.39 Å². The first-order valence-corrected chi connectivity index (χ1v) is 8.71. The lowest BCUT2D eigenvalue weighted by Gasteiger charge is -2.22. The first-order valence-electron chi connectivity index (χ1n) is 6.86. The van der Waals surface area contributed by atoms with Crippen molar-refractivity contribution in [1.82, 2.24) is 0 Å². The summed E-state index contributed by atoms with van der Waals surface area (Å²) in [7, 11) is 0. The highest BCUT2D eigenvalue weighted by atomic mass is 79.9. The second kappa shape index (κ2) is 6.28. The first kappa shape index (κ1) is 14.7. The van der Waals surface area contributed by atoms with E-state index in [2.05, 4.69) is 33.2 Å². The van der Waals surface area contributed by atoms with Crippen molar-refractivity contribution in [3.8, 4) is 0 Å². The summed E-state index contributed by atoms with van der Waals surface area (Å²) < 4.78 is 18.3. The van der Waals surface area contributed by atoms with Gasteiger partial charge in [0.05, 0.1) is 29.2 Å². The second-order valence-electron chi connectivity index (χ2n) is 5.14. The van der Waals surface area contributed by atoms with E-state index in [-0.39, 0.29) is 5.82 Å². The van der Waals surface area contributed by atoms with Gasteiger partial charge < -0.3 is 0 Å². The molecule has 0 radical (unpaired) electrons. The summed E-state index contributed by atoms with van der Waals surface area (Å²) in [5, 5.41) is 0.950. The minimum Gasteiger partial charge on any atom is -0.296 e. The normalized spacial score (nSPS) is 15.2. The third-order valence-electron chi connectivity index (χ3n) is 3.36. The molecule has 0 aliphatic carbocycles. The van der Waals surface area contributed by atoms with E-state index in [0.29, 0.717) is 11.6 Å². The fourth-order valence-electron chi connectivity index (χ4n) is 2.29. The van der Waals surface area contributed by atoms with Gasteiger partial charge in [-0.25, -0.2) is 4.39 Å². The predicted molar refractivity (Wildman–Crippen MR) is 92.9 cm³/mol. The standard InChI is InChI=1S/C16H16BrFN2S/c1-12(10-17)11-19-15-8-4-5-9-16(15)20(21-19)14-7-3-2-6-13(14)18/h2-9,12H,10-11H2,1H3. The Labute approximate surface area is 137 Å². The van der Waals surface area contributed by atoms with Gasteiger partial charge in [-0.15, -0.1) is 0 Å². The van der Waals surface area contributed by atoms with Gasteiger partial charge in [0, 0.05) is 11.9 Å². The zero-order valence-electron chi connectivity index (χ0n) is 11.7. The van der Waals surface area contributed by atoms with Crippen LogP contribution in [0, 0.1) is 11.7 Å². The van der Waals surface area contributed by atoms with E-state index >= 15 is 0 Å². The summed E-state index contributed by atoms with van der Waals surface area (Å²) in [5.41, 5.74) is 2.77. The lowest BCUT2D eigenvalue weighted by atomic mass is 10.2. The molecule has 2 aromatic rings. The number of fused-ring (bicyclic) bond motifs is 1. The third kappa shape index (κ3) is 2.90. The van der Waals surface area contributed by atoms with Crippen LogP contribution in [0.15, 0.2) is 48.5 Å². The summed E-state index contributed by atoms with van der Waals surface area (Å²) in [6.07, 6.45) is 0. The molecule has 0 saturated carbocycles. The number of hydrogen-bond acceptors (Lipinski definition) is 3. The molecule has 0 bridgehead atoms. The molecule has 0 saturated heterocycles. The van der Waals surface area contributed by atoms with Gasteiger partial charge in [-0.1, -0.05) is 47.1 Å². The van der Waals surface area contributed by atoms with Crippen LogP contribution in [-0.4, -0.2) is 11.9 Å². The van der Waals surface area contributed by atoms with Crippen molar-refractivity contribution >= 4 is 45.1 Å². The molecule has 0 N–H and O–H groups in total. The molecule has 0 fully saturated rings. The highest BCUT2D eigenvalue weighted by Crippen LogP contribution is 2.49. The molecule has 1 heterocycles. The minimum atomic E-state index is -0.199. The summed E-state index contributed by atoms with van der Waals surface area (Å²) in [4.78, 5) is 0. The van der Waals surface area contributed by atoms with Crippen molar-refractivity contribution in [2.75, 3.05) is 20.5 Å². The zero-order valence-corrected chi connectivity index (χ0v) is 14.1. The molecular formula is C16H16BrFN2S. The Bertz CT molecular complexity index is 637. The molecule has 2 nitrogen and oxygen atoms in total. The van der Waals surface area contributed by atoms with Gasteiger partial charge in [-0.3, -0.25) is 8.61 Å². The molecule has 5 heteroatoms. The maximum absolute atomic E-state index is 14.1. The Morgan fingerprint density at radius 3 is 2.33 bits per heavy atom. The smallest absolute Gasteiger partial charge is 0.147 e. The van der Waals surface area contributed by atoms with Crippen LogP contribution in [0.2, 0.25) is 0 Å². The van der Waals surface area contributed by atoms with Gasteiger partial charge in [0.2, 0.25) is 0 Å². The molecule has 21 heavy (non-hydrogen) atoms. The first-order chi connectivity index (χ1) is 10.2. The molecule has 0 aromatic heterocycles. The van der Waals surface area contributed by atoms with Crippen molar-refractivity contribution in [1.29, 1.82) is 0 Å². The summed E-state index contributed by atoms with van der Waals surface area (Å²) in [5.74, 6) is 0.321. The number of rotatable bonds is 4. The maximum atomic E-state index is 14.1. The number of benzene rings is 2. The molecular weight excluding hydrogens is 351 g/mol. The number of alkyl halides is 1. The van der Waals surface area contributed by atoms with Crippen LogP contribution in [0.5, 0.6) is 0 Å². The van der Waals surface area contributed by atoms with Crippen LogP contribution in [0.3, 0.4) is 0 Å². The summed E-state index contributed by atoms with van der Waals surface area (Å²) in [6.45, 7) is 3.11. The molecule has 1 atom stereocenters. The second-order valence-corrected chi connectivity index (χ2v) is 6.75. The molecule has 0 amide bonds. The van der Waals surface area contributed by atoms with Crippen molar-refractivity contribution in [2.45, 2.75) is 6.92 Å². The van der Waals surface area contributed by atoms with Crippen LogP contribution in [0.25, 0.3) is 0 Å². The van der Waals surface area contributed by atoms with Gasteiger partial charge in [0.25, 0.3) is 0 Å². The Balaban J connectivity index is 1.96. The fourth-order valence-corrected chi connectivity index (χ4v) is 3.73.